The van der Waals surface area contributed by atoms with Crippen LogP contribution in [0.4, 0.5) is 24.9 Å². The highest BCUT2D eigenvalue weighted by atomic mass is 19.4. The lowest BCUT2D eigenvalue weighted by Crippen LogP contribution is -2.32. The number of aromatic nitrogens is 3. The molecule has 0 fully saturated rings. The lowest BCUT2D eigenvalue weighted by Gasteiger charge is -2.11. The van der Waals surface area contributed by atoms with E-state index in [4.69, 9.17) is 4.42 Å². The zero-order valence-corrected chi connectivity index (χ0v) is 17.2. The maximum Gasteiger partial charge on any atom is 0.417 e. The fourth-order valence-corrected chi connectivity index (χ4v) is 3.37. The van der Waals surface area contributed by atoms with Crippen LogP contribution in [0, 0.1) is 0 Å². The number of benzene rings is 2. The molecule has 0 radical (unpaired) electrons. The molecule has 1 aliphatic heterocycles. The Bertz CT molecular complexity index is 1370. The molecule has 2 aromatic heterocycles. The topological polar surface area (TPSA) is 105 Å². The van der Waals surface area contributed by atoms with Gasteiger partial charge in [-0.25, -0.2) is 4.99 Å². The summed E-state index contributed by atoms with van der Waals surface area (Å²) in [7, 11) is 0. The van der Waals surface area contributed by atoms with Gasteiger partial charge in [0.05, 0.1) is 17.0 Å². The Hall–Kier alpha value is -4.54. The molecule has 2 N–H and O–H groups in total. The second kappa shape index (κ2) is 8.43. The van der Waals surface area contributed by atoms with Gasteiger partial charge in [0.15, 0.2) is 0 Å². The van der Waals surface area contributed by atoms with E-state index in [9.17, 15) is 18.0 Å². The van der Waals surface area contributed by atoms with Gasteiger partial charge < -0.3 is 15.1 Å². The number of fused-ring (bicyclic) bond motifs is 1. The number of carbonyl (C=O) groups excluding carboxylic acids is 1. The van der Waals surface area contributed by atoms with Gasteiger partial charge in [0.25, 0.3) is 11.8 Å². The van der Waals surface area contributed by atoms with E-state index in [0.717, 1.165) is 23.3 Å². The Labute approximate surface area is 190 Å². The van der Waals surface area contributed by atoms with Gasteiger partial charge >= 0.3 is 12.2 Å². The maximum atomic E-state index is 12.9. The second-order valence-electron chi connectivity index (χ2n) is 7.27. The SMILES string of the molecule is O=C1Nc2ccccc2C(c2ccccc2)=N[C@@H]1Nc1nnc(-c2ccc(C(F)(F)F)cn2)o1. The number of carbonyl (C=O) groups is 1. The third kappa shape index (κ3) is 4.22. The summed E-state index contributed by atoms with van der Waals surface area (Å²) in [6.45, 7) is 0. The van der Waals surface area contributed by atoms with Gasteiger partial charge in [0.2, 0.25) is 6.17 Å². The summed E-state index contributed by atoms with van der Waals surface area (Å²) in [5.74, 6) is -0.563. The van der Waals surface area contributed by atoms with E-state index in [2.05, 4.69) is 30.8 Å². The first kappa shape index (κ1) is 21.3. The van der Waals surface area contributed by atoms with Crippen LogP contribution in [0.5, 0.6) is 0 Å². The molecule has 34 heavy (non-hydrogen) atoms. The minimum Gasteiger partial charge on any atom is -0.402 e. The zero-order chi connectivity index (χ0) is 23.7. The van der Waals surface area contributed by atoms with Gasteiger partial charge in [-0.1, -0.05) is 53.6 Å². The van der Waals surface area contributed by atoms with Crippen molar-refractivity contribution in [3.05, 3.63) is 89.6 Å². The number of nitrogens with zero attached hydrogens (tertiary/aromatic N) is 4. The molecular weight excluding hydrogens is 449 g/mol. The Kier molecular flexibility index (Phi) is 5.28. The fraction of sp³-hybridized carbons (Fsp3) is 0.0870. The highest BCUT2D eigenvalue weighted by molar-refractivity contribution is 6.19. The molecule has 0 unspecified atom stereocenters. The number of hydrogen-bond donors (Lipinski definition) is 2. The quantitative estimate of drug-likeness (QED) is 0.465. The summed E-state index contributed by atoms with van der Waals surface area (Å²) < 4.78 is 43.8. The van der Waals surface area contributed by atoms with Crippen LogP contribution in [0.1, 0.15) is 16.7 Å². The van der Waals surface area contributed by atoms with E-state index < -0.39 is 23.8 Å². The molecule has 0 aliphatic carbocycles. The van der Waals surface area contributed by atoms with Gasteiger partial charge in [-0.2, -0.15) is 13.2 Å². The van der Waals surface area contributed by atoms with E-state index in [1.165, 1.54) is 0 Å². The average molecular weight is 464 g/mol. The van der Waals surface area contributed by atoms with Crippen LogP contribution in [0.3, 0.4) is 0 Å². The lowest BCUT2D eigenvalue weighted by atomic mass is 10.0. The number of pyridine rings is 1. The normalized spacial score (nSPS) is 15.7. The molecule has 3 heterocycles. The van der Waals surface area contributed by atoms with E-state index in [1.54, 1.807) is 12.1 Å². The summed E-state index contributed by atoms with van der Waals surface area (Å²) in [5, 5.41) is 13.2. The molecule has 5 rings (SSSR count). The molecule has 0 bridgehead atoms. The number of benzodiazepines with no additional fused rings is 1. The first-order chi connectivity index (χ1) is 16.4. The smallest absolute Gasteiger partial charge is 0.402 e. The fourth-order valence-electron chi connectivity index (χ4n) is 3.37. The van der Waals surface area contributed by atoms with Crippen LogP contribution in [0.15, 0.2) is 82.3 Å². The molecule has 0 saturated carbocycles. The number of aliphatic imine (C=N–C) groups is 1. The molecule has 1 aliphatic rings. The van der Waals surface area contributed by atoms with Gasteiger partial charge in [-0.15, -0.1) is 5.10 Å². The first-order valence-electron chi connectivity index (χ1n) is 10.1. The average Bonchev–Trinajstić information content (AvgIpc) is 3.25. The molecule has 0 saturated heterocycles. The summed E-state index contributed by atoms with van der Waals surface area (Å²) in [6, 6.07) is 18.5. The van der Waals surface area contributed by atoms with Gasteiger partial charge in [0.1, 0.15) is 5.69 Å². The second-order valence-corrected chi connectivity index (χ2v) is 7.27. The van der Waals surface area contributed by atoms with Crippen molar-refractivity contribution < 1.29 is 22.4 Å². The molecule has 4 aromatic rings. The van der Waals surface area contributed by atoms with Gasteiger partial charge in [-0.3, -0.25) is 9.78 Å². The predicted molar refractivity (Wildman–Crippen MR) is 117 cm³/mol. The summed E-state index contributed by atoms with van der Waals surface area (Å²) in [4.78, 5) is 21.2. The van der Waals surface area contributed by atoms with Crippen molar-refractivity contribution in [1.29, 1.82) is 0 Å². The first-order valence-corrected chi connectivity index (χ1v) is 10.1. The molecule has 2 aromatic carbocycles. The van der Waals surface area contributed by atoms with Gasteiger partial charge in [0, 0.05) is 17.3 Å². The molecule has 8 nitrogen and oxygen atoms in total. The van der Waals surface area contributed by atoms with Crippen LogP contribution in [0.25, 0.3) is 11.6 Å². The van der Waals surface area contributed by atoms with Crippen LogP contribution >= 0.6 is 0 Å². The van der Waals surface area contributed by atoms with E-state index >= 15 is 0 Å². The van der Waals surface area contributed by atoms with Crippen LogP contribution < -0.4 is 10.6 Å². The van der Waals surface area contributed by atoms with Crippen molar-refractivity contribution in [2.75, 3.05) is 10.6 Å². The molecular formula is C23H15F3N6O2. The standard InChI is InChI=1S/C23H15F3N6O2/c24-23(25,26)14-10-11-17(27-12-14)21-31-32-22(34-21)30-19-20(33)28-16-9-5-4-8-15(16)18(29-19)13-6-2-1-3-7-13/h1-12,19H,(H,28,33)(H,30,32)/t19-/m1/s1. The largest absolute Gasteiger partial charge is 0.417 e. The van der Waals surface area contributed by atoms with Crippen molar-refractivity contribution >= 4 is 23.3 Å². The molecule has 170 valence electrons. The van der Waals surface area contributed by atoms with Crippen LogP contribution in [-0.4, -0.2) is 33.0 Å². The van der Waals surface area contributed by atoms with Gasteiger partial charge in [-0.05, 0) is 18.2 Å². The molecule has 1 amide bonds. The maximum absolute atomic E-state index is 12.9. The predicted octanol–water partition coefficient (Wildman–Crippen LogP) is 4.38. The van der Waals surface area contributed by atoms with Crippen LogP contribution in [0.2, 0.25) is 0 Å². The minimum atomic E-state index is -4.51. The number of rotatable bonds is 4. The Morgan fingerprint density at radius 1 is 0.941 bits per heavy atom. The number of nitrogens with one attached hydrogen (secondary N) is 2. The molecule has 0 spiro atoms. The van der Waals surface area contributed by atoms with E-state index in [0.29, 0.717) is 17.6 Å². The Morgan fingerprint density at radius 3 is 2.44 bits per heavy atom. The van der Waals surface area contributed by atoms with Crippen molar-refractivity contribution in [1.82, 2.24) is 15.2 Å². The molecule has 1 atom stereocenters. The summed E-state index contributed by atoms with van der Waals surface area (Å²) in [6.07, 6.45) is -4.94. The monoisotopic (exact) mass is 464 g/mol. The third-order valence-electron chi connectivity index (χ3n) is 4.99. The van der Waals surface area contributed by atoms with E-state index in [1.807, 2.05) is 42.5 Å². The van der Waals surface area contributed by atoms with Crippen molar-refractivity contribution in [2.24, 2.45) is 4.99 Å². The van der Waals surface area contributed by atoms with E-state index in [-0.39, 0.29) is 17.6 Å². The Balaban J connectivity index is 1.44. The highest BCUT2D eigenvalue weighted by Crippen LogP contribution is 2.30. The van der Waals surface area contributed by atoms with Crippen molar-refractivity contribution in [3.63, 3.8) is 0 Å². The zero-order valence-electron chi connectivity index (χ0n) is 17.2. The van der Waals surface area contributed by atoms with Crippen LogP contribution in [-0.2, 0) is 11.0 Å². The third-order valence-corrected chi connectivity index (χ3v) is 4.99. The van der Waals surface area contributed by atoms with Crippen molar-refractivity contribution in [3.8, 4) is 11.6 Å². The Morgan fingerprint density at radius 2 is 1.71 bits per heavy atom. The number of alkyl halides is 3. The summed E-state index contributed by atoms with van der Waals surface area (Å²) in [5.41, 5.74) is 1.88. The number of anilines is 2. The van der Waals surface area contributed by atoms with Crippen molar-refractivity contribution in [2.45, 2.75) is 12.3 Å². The number of amides is 1. The number of hydrogen-bond acceptors (Lipinski definition) is 7. The number of halogens is 3. The summed E-state index contributed by atoms with van der Waals surface area (Å²) >= 11 is 0. The lowest BCUT2D eigenvalue weighted by molar-refractivity contribution is -0.137. The minimum absolute atomic E-state index is 0.0553. The number of para-hydroxylation sites is 1. The highest BCUT2D eigenvalue weighted by Gasteiger charge is 2.31. The molecule has 11 heteroatoms.